The van der Waals surface area contributed by atoms with Crippen LogP contribution in [0, 0.1) is 0 Å². The van der Waals surface area contributed by atoms with Crippen LogP contribution >= 0.6 is 11.8 Å². The van der Waals surface area contributed by atoms with E-state index in [-0.39, 0.29) is 4.90 Å². The number of hydrogen-bond donors (Lipinski definition) is 2. The minimum Gasteiger partial charge on any atom is -0.496 e. The number of benzene rings is 2. The van der Waals surface area contributed by atoms with Crippen molar-refractivity contribution in [2.45, 2.75) is 74.5 Å². The molecule has 1 atom stereocenters. The number of fused-ring (bicyclic) bond motifs is 1. The number of β-amino-alcohol motifs (C(OH)–C–C–N with tert-alkyl or cyclic N) is 1. The number of rotatable bonds is 11. The standard InChI is InChI=1S/C35H45F4N5O2S/c1-46-32-5-3-2-4-28(32)24-9-14-43(15-10-24)22-27(45)23-44-31-8-13-40-21-29(31)34(41-44)25-6-7-30(35(37,38)39)33(20-25)47-19-18-42-16-11-26(36)12-17-42/h2-7,20,24,26-27,40,45H,8-19,21-23H2,1H3/t27-/m0/s1. The lowest BCUT2D eigenvalue weighted by molar-refractivity contribution is -0.139. The molecule has 0 spiro atoms. The Kier molecular flexibility index (Phi) is 11.1. The molecule has 7 nitrogen and oxygen atoms in total. The highest BCUT2D eigenvalue weighted by Gasteiger charge is 2.34. The van der Waals surface area contributed by atoms with Crippen LogP contribution in [0.5, 0.6) is 5.75 Å². The molecule has 2 saturated heterocycles. The average Bonchev–Trinajstić information content (AvgIpc) is 3.43. The molecule has 4 heterocycles. The number of ether oxygens (including phenoxy) is 1. The topological polar surface area (TPSA) is 65.8 Å². The van der Waals surface area contributed by atoms with Gasteiger partial charge in [0, 0.05) is 73.2 Å². The molecule has 2 N–H and O–H groups in total. The minimum absolute atomic E-state index is 0.180. The molecular weight excluding hydrogens is 630 g/mol. The summed E-state index contributed by atoms with van der Waals surface area (Å²) in [7, 11) is 1.71. The molecule has 0 aliphatic carbocycles. The van der Waals surface area contributed by atoms with Crippen molar-refractivity contribution in [2.24, 2.45) is 0 Å². The van der Waals surface area contributed by atoms with Crippen molar-refractivity contribution >= 4 is 11.8 Å². The Morgan fingerprint density at radius 1 is 1.02 bits per heavy atom. The Labute approximate surface area is 278 Å². The van der Waals surface area contributed by atoms with Crippen molar-refractivity contribution in [3.05, 3.63) is 64.8 Å². The van der Waals surface area contributed by atoms with Gasteiger partial charge in [-0.2, -0.15) is 18.3 Å². The van der Waals surface area contributed by atoms with Gasteiger partial charge >= 0.3 is 6.18 Å². The molecule has 3 aromatic rings. The first kappa shape index (κ1) is 34.2. The molecule has 47 heavy (non-hydrogen) atoms. The number of aromatic nitrogens is 2. The van der Waals surface area contributed by atoms with Gasteiger partial charge in [-0.1, -0.05) is 24.3 Å². The number of aliphatic hydroxyl groups excluding tert-OH is 1. The Morgan fingerprint density at radius 2 is 1.77 bits per heavy atom. The number of alkyl halides is 4. The maximum atomic E-state index is 14.0. The van der Waals surface area contributed by atoms with Gasteiger partial charge in [-0.15, -0.1) is 11.8 Å². The van der Waals surface area contributed by atoms with Crippen molar-refractivity contribution in [3.8, 4) is 17.0 Å². The number of likely N-dealkylation sites (tertiary alicyclic amines) is 2. The third kappa shape index (κ3) is 8.33. The van der Waals surface area contributed by atoms with Gasteiger partial charge in [0.15, 0.2) is 0 Å². The number of aliphatic hydroxyl groups is 1. The molecule has 3 aliphatic rings. The minimum atomic E-state index is -4.47. The Balaban J connectivity index is 1.13. The predicted molar refractivity (Wildman–Crippen MR) is 177 cm³/mol. The number of hydrogen-bond acceptors (Lipinski definition) is 7. The number of piperidine rings is 2. The van der Waals surface area contributed by atoms with Gasteiger partial charge < -0.3 is 25.0 Å². The molecule has 256 valence electrons. The third-order valence-electron chi connectivity index (χ3n) is 9.77. The van der Waals surface area contributed by atoms with Crippen molar-refractivity contribution in [3.63, 3.8) is 0 Å². The summed E-state index contributed by atoms with van der Waals surface area (Å²) >= 11 is 1.19. The second-order valence-corrected chi connectivity index (χ2v) is 14.1. The number of halogens is 4. The summed E-state index contributed by atoms with van der Waals surface area (Å²) in [5.41, 5.74) is 3.90. The SMILES string of the molecule is COc1ccccc1C1CCN(C[C@H](O)Cn2nc(-c3ccc(C(F)(F)F)c(SCCN4CCC(F)CC4)c3)c3c2CCNC3)CC1. The molecule has 3 aliphatic heterocycles. The highest BCUT2D eigenvalue weighted by Crippen LogP contribution is 2.40. The van der Waals surface area contributed by atoms with Crippen LogP contribution in [0.1, 0.15) is 54.0 Å². The number of nitrogens with zero attached hydrogens (tertiary/aromatic N) is 4. The van der Waals surface area contributed by atoms with E-state index in [4.69, 9.17) is 9.84 Å². The number of para-hydroxylation sites is 1. The molecule has 12 heteroatoms. The average molecular weight is 676 g/mol. The smallest absolute Gasteiger partial charge is 0.417 e. The van der Waals surface area contributed by atoms with E-state index < -0.39 is 24.0 Å². The molecule has 0 saturated carbocycles. The molecule has 2 aromatic carbocycles. The molecule has 0 amide bonds. The summed E-state index contributed by atoms with van der Waals surface area (Å²) in [6, 6.07) is 12.5. The first-order chi connectivity index (χ1) is 22.7. The van der Waals surface area contributed by atoms with Crippen LogP contribution in [0.2, 0.25) is 0 Å². The van der Waals surface area contributed by atoms with E-state index in [9.17, 15) is 22.7 Å². The zero-order valence-corrected chi connectivity index (χ0v) is 27.8. The Hall–Kier alpha value is -2.64. The van der Waals surface area contributed by atoms with Gasteiger partial charge in [0.25, 0.3) is 0 Å². The molecule has 0 bridgehead atoms. The van der Waals surface area contributed by atoms with E-state index in [2.05, 4.69) is 21.2 Å². The number of thioether (sulfide) groups is 1. The quantitative estimate of drug-likeness (QED) is 0.191. The van der Waals surface area contributed by atoms with Crippen LogP contribution in [0.4, 0.5) is 17.6 Å². The van der Waals surface area contributed by atoms with E-state index in [0.717, 1.165) is 62.0 Å². The van der Waals surface area contributed by atoms with E-state index in [1.807, 2.05) is 22.9 Å². The van der Waals surface area contributed by atoms with E-state index in [0.29, 0.717) is 75.0 Å². The fourth-order valence-corrected chi connectivity index (χ4v) is 8.34. The normalized spacial score (nSPS) is 19.5. The second-order valence-electron chi connectivity index (χ2n) is 12.9. The van der Waals surface area contributed by atoms with Crippen LogP contribution < -0.4 is 10.1 Å². The van der Waals surface area contributed by atoms with Gasteiger partial charge in [-0.05, 0) is 68.5 Å². The Bertz CT molecular complexity index is 1490. The summed E-state index contributed by atoms with van der Waals surface area (Å²) < 4.78 is 63.1. The summed E-state index contributed by atoms with van der Waals surface area (Å²) in [5.74, 6) is 1.83. The fourth-order valence-electron chi connectivity index (χ4n) is 7.22. The molecule has 6 rings (SSSR count). The zero-order valence-electron chi connectivity index (χ0n) is 26.9. The number of methoxy groups -OCH3 is 1. The van der Waals surface area contributed by atoms with Crippen LogP contribution in [-0.2, 0) is 25.7 Å². The number of nitrogens with one attached hydrogen (secondary N) is 1. The van der Waals surface area contributed by atoms with Crippen molar-refractivity contribution in [1.29, 1.82) is 0 Å². The van der Waals surface area contributed by atoms with Crippen molar-refractivity contribution in [2.75, 3.05) is 58.7 Å². The van der Waals surface area contributed by atoms with E-state index >= 15 is 0 Å². The van der Waals surface area contributed by atoms with Gasteiger partial charge in [0.2, 0.25) is 0 Å². The van der Waals surface area contributed by atoms with Gasteiger partial charge in [-0.25, -0.2) is 4.39 Å². The van der Waals surface area contributed by atoms with Crippen LogP contribution in [0.3, 0.4) is 0 Å². The molecule has 0 unspecified atom stereocenters. The van der Waals surface area contributed by atoms with E-state index in [1.165, 1.54) is 23.4 Å². The third-order valence-corrected chi connectivity index (χ3v) is 10.8. The molecule has 1 aromatic heterocycles. The lowest BCUT2D eigenvalue weighted by atomic mass is 9.88. The van der Waals surface area contributed by atoms with Crippen LogP contribution in [0.25, 0.3) is 11.3 Å². The van der Waals surface area contributed by atoms with Crippen LogP contribution in [0.15, 0.2) is 47.4 Å². The molecule has 0 radical (unpaired) electrons. The highest BCUT2D eigenvalue weighted by molar-refractivity contribution is 7.99. The summed E-state index contributed by atoms with van der Waals surface area (Å²) in [4.78, 5) is 4.60. The lowest BCUT2D eigenvalue weighted by Crippen LogP contribution is -2.40. The monoisotopic (exact) mass is 675 g/mol. The first-order valence-electron chi connectivity index (χ1n) is 16.7. The zero-order chi connectivity index (χ0) is 33.0. The van der Waals surface area contributed by atoms with Crippen LogP contribution in [-0.4, -0.2) is 95.6 Å². The molecule has 2 fully saturated rings. The summed E-state index contributed by atoms with van der Waals surface area (Å²) in [6.07, 6.45) is -2.22. The second kappa shape index (κ2) is 15.3. The Morgan fingerprint density at radius 3 is 2.51 bits per heavy atom. The van der Waals surface area contributed by atoms with Gasteiger partial charge in [0.1, 0.15) is 11.9 Å². The maximum absolute atomic E-state index is 14.0. The maximum Gasteiger partial charge on any atom is 0.417 e. The van der Waals surface area contributed by atoms with Crippen molar-refractivity contribution in [1.82, 2.24) is 24.9 Å². The summed E-state index contributed by atoms with van der Waals surface area (Å²) in [6.45, 7) is 5.86. The van der Waals surface area contributed by atoms with Gasteiger partial charge in [-0.3, -0.25) is 4.68 Å². The predicted octanol–water partition coefficient (Wildman–Crippen LogP) is 5.99. The van der Waals surface area contributed by atoms with Gasteiger partial charge in [0.05, 0.1) is 31.0 Å². The van der Waals surface area contributed by atoms with E-state index in [1.54, 1.807) is 13.2 Å². The summed E-state index contributed by atoms with van der Waals surface area (Å²) in [5, 5.41) is 19.5. The fraction of sp³-hybridized carbons (Fsp3) is 0.571. The van der Waals surface area contributed by atoms with Crippen molar-refractivity contribution < 1.29 is 27.4 Å². The first-order valence-corrected chi connectivity index (χ1v) is 17.7. The highest BCUT2D eigenvalue weighted by atomic mass is 32.2. The largest absolute Gasteiger partial charge is 0.496 e. The molecular formula is C35H45F4N5O2S. The lowest BCUT2D eigenvalue weighted by Gasteiger charge is -2.34.